The van der Waals surface area contributed by atoms with Crippen LogP contribution < -0.4 is 0 Å². The number of nitrogens with zero attached hydrogens (tertiary/aromatic N) is 2. The molecule has 1 atom stereocenters. The zero-order valence-electron chi connectivity index (χ0n) is 12.7. The molecule has 114 valence electrons. The smallest absolute Gasteiger partial charge is 0.410 e. The van der Waals surface area contributed by atoms with Gasteiger partial charge in [0, 0.05) is 32.7 Å². The molecule has 3 rings (SSSR count). The van der Waals surface area contributed by atoms with E-state index in [9.17, 15) is 4.79 Å². The minimum Gasteiger partial charge on any atom is -0.445 e. The van der Waals surface area contributed by atoms with Crippen LogP contribution in [0, 0.1) is 5.92 Å². The predicted molar refractivity (Wildman–Crippen MR) is 82.0 cm³/mol. The second-order valence-electron chi connectivity index (χ2n) is 6.30. The van der Waals surface area contributed by atoms with Gasteiger partial charge in [0.2, 0.25) is 0 Å². The Labute approximate surface area is 126 Å². The van der Waals surface area contributed by atoms with E-state index in [1.807, 2.05) is 37.4 Å². The van der Waals surface area contributed by atoms with Gasteiger partial charge < -0.3 is 14.5 Å². The van der Waals surface area contributed by atoms with Crippen LogP contribution >= 0.6 is 0 Å². The van der Waals surface area contributed by atoms with E-state index < -0.39 is 0 Å². The van der Waals surface area contributed by atoms with E-state index in [-0.39, 0.29) is 6.09 Å². The van der Waals surface area contributed by atoms with Crippen LogP contribution in [0.1, 0.15) is 24.8 Å². The Kier molecular flexibility index (Phi) is 4.44. The highest BCUT2D eigenvalue weighted by molar-refractivity contribution is 5.67. The molecule has 0 radical (unpaired) electrons. The minimum atomic E-state index is -0.211. The highest BCUT2D eigenvalue weighted by Crippen LogP contribution is 2.31. The van der Waals surface area contributed by atoms with Crippen molar-refractivity contribution in [3.63, 3.8) is 0 Å². The molecular formula is C17H24N2O2. The summed E-state index contributed by atoms with van der Waals surface area (Å²) in [6, 6.07) is 10.1. The predicted octanol–water partition coefficient (Wildman–Crippen LogP) is 2.74. The van der Waals surface area contributed by atoms with Crippen LogP contribution in [-0.4, -0.2) is 48.6 Å². The first-order chi connectivity index (χ1) is 10.2. The maximum atomic E-state index is 12.1. The summed E-state index contributed by atoms with van der Waals surface area (Å²) in [4.78, 5) is 16.4. The van der Waals surface area contributed by atoms with E-state index in [2.05, 4.69) is 4.90 Å². The van der Waals surface area contributed by atoms with Crippen molar-refractivity contribution >= 4 is 6.09 Å². The molecule has 1 unspecified atom stereocenters. The van der Waals surface area contributed by atoms with Crippen LogP contribution in [0.4, 0.5) is 4.79 Å². The first-order valence-electron chi connectivity index (χ1n) is 7.88. The van der Waals surface area contributed by atoms with Crippen molar-refractivity contribution in [1.82, 2.24) is 9.80 Å². The normalized spacial score (nSPS) is 22.2. The van der Waals surface area contributed by atoms with Crippen molar-refractivity contribution < 1.29 is 9.53 Å². The van der Waals surface area contributed by atoms with Crippen molar-refractivity contribution in [1.29, 1.82) is 0 Å². The summed E-state index contributed by atoms with van der Waals surface area (Å²) in [5.41, 5.74) is 1.03. The molecule has 4 heteroatoms. The van der Waals surface area contributed by atoms with Crippen LogP contribution in [0.2, 0.25) is 0 Å². The fraction of sp³-hybridized carbons (Fsp3) is 0.588. The van der Waals surface area contributed by atoms with Crippen molar-refractivity contribution in [3.8, 4) is 0 Å². The van der Waals surface area contributed by atoms with Gasteiger partial charge in [0.25, 0.3) is 0 Å². The van der Waals surface area contributed by atoms with Crippen LogP contribution in [0.25, 0.3) is 0 Å². The van der Waals surface area contributed by atoms with Gasteiger partial charge in [0.1, 0.15) is 6.61 Å². The average Bonchev–Trinajstić information content (AvgIpc) is 3.20. The molecule has 0 spiro atoms. The number of benzene rings is 1. The number of likely N-dealkylation sites (N-methyl/N-ethyl adjacent to an activating group) is 1. The van der Waals surface area contributed by atoms with Crippen LogP contribution in [-0.2, 0) is 11.3 Å². The van der Waals surface area contributed by atoms with E-state index in [1.165, 1.54) is 19.4 Å². The lowest BCUT2D eigenvalue weighted by atomic mass is 10.2. The van der Waals surface area contributed by atoms with E-state index in [0.717, 1.165) is 31.0 Å². The number of carbonyl (C=O) groups excluding carboxylic acids is 1. The van der Waals surface area contributed by atoms with Gasteiger partial charge in [-0.15, -0.1) is 0 Å². The van der Waals surface area contributed by atoms with E-state index in [0.29, 0.717) is 12.6 Å². The molecular weight excluding hydrogens is 264 g/mol. The summed E-state index contributed by atoms with van der Waals surface area (Å²) >= 11 is 0. The summed E-state index contributed by atoms with van der Waals surface area (Å²) < 4.78 is 5.40. The van der Waals surface area contributed by atoms with Gasteiger partial charge in [-0.3, -0.25) is 0 Å². The van der Waals surface area contributed by atoms with Gasteiger partial charge in [-0.05, 0) is 30.7 Å². The van der Waals surface area contributed by atoms with Crippen LogP contribution in [0.5, 0.6) is 0 Å². The number of likely N-dealkylation sites (tertiary alicyclic amines) is 1. The minimum absolute atomic E-state index is 0.211. The van der Waals surface area contributed by atoms with Crippen LogP contribution in [0.3, 0.4) is 0 Å². The number of carbonyl (C=O) groups is 1. The summed E-state index contributed by atoms with van der Waals surface area (Å²) in [7, 11) is 1.86. The third kappa shape index (κ3) is 3.97. The topological polar surface area (TPSA) is 32.8 Å². The SMILES string of the molecule is CN(C(=O)OCc1ccccc1)C1CCN(CC2CC2)C1. The number of ether oxygens (including phenoxy) is 1. The molecule has 1 saturated carbocycles. The second kappa shape index (κ2) is 6.48. The van der Waals surface area contributed by atoms with Gasteiger partial charge in [0.15, 0.2) is 0 Å². The molecule has 0 bridgehead atoms. The Balaban J connectivity index is 1.43. The van der Waals surface area contributed by atoms with Crippen LogP contribution in [0.15, 0.2) is 30.3 Å². The fourth-order valence-corrected chi connectivity index (χ4v) is 2.93. The Morgan fingerprint density at radius 2 is 2.05 bits per heavy atom. The van der Waals surface area contributed by atoms with Gasteiger partial charge >= 0.3 is 6.09 Å². The van der Waals surface area contributed by atoms with Crippen molar-refractivity contribution in [2.45, 2.75) is 31.9 Å². The van der Waals surface area contributed by atoms with Crippen molar-refractivity contribution in [2.75, 3.05) is 26.7 Å². The third-order valence-corrected chi connectivity index (χ3v) is 4.50. The highest BCUT2D eigenvalue weighted by atomic mass is 16.6. The summed E-state index contributed by atoms with van der Waals surface area (Å²) in [5.74, 6) is 0.916. The maximum absolute atomic E-state index is 12.1. The monoisotopic (exact) mass is 288 g/mol. The second-order valence-corrected chi connectivity index (χ2v) is 6.30. The Morgan fingerprint density at radius 1 is 1.29 bits per heavy atom. The third-order valence-electron chi connectivity index (χ3n) is 4.50. The molecule has 0 aromatic heterocycles. The van der Waals surface area contributed by atoms with Crippen molar-refractivity contribution in [3.05, 3.63) is 35.9 Å². The summed E-state index contributed by atoms with van der Waals surface area (Å²) in [5, 5.41) is 0. The number of amides is 1. The summed E-state index contributed by atoms with van der Waals surface area (Å²) in [6.45, 7) is 3.66. The standard InChI is InChI=1S/C17H24N2O2/c1-18(16-9-10-19(12-16)11-14-7-8-14)17(20)21-13-15-5-3-2-4-6-15/h2-6,14,16H,7-13H2,1H3. The van der Waals surface area contributed by atoms with E-state index in [4.69, 9.17) is 4.74 Å². The zero-order valence-corrected chi connectivity index (χ0v) is 12.7. The Morgan fingerprint density at radius 3 is 2.76 bits per heavy atom. The molecule has 1 aromatic carbocycles. The summed E-state index contributed by atoms with van der Waals surface area (Å²) in [6.07, 6.45) is 3.62. The molecule has 1 aromatic rings. The first-order valence-corrected chi connectivity index (χ1v) is 7.88. The Bertz CT molecular complexity index is 473. The van der Waals surface area contributed by atoms with Gasteiger partial charge in [-0.1, -0.05) is 30.3 Å². The lowest BCUT2D eigenvalue weighted by Gasteiger charge is -2.24. The maximum Gasteiger partial charge on any atom is 0.410 e. The molecule has 1 amide bonds. The van der Waals surface area contributed by atoms with E-state index in [1.54, 1.807) is 4.90 Å². The molecule has 1 heterocycles. The van der Waals surface area contributed by atoms with Crippen molar-refractivity contribution in [2.24, 2.45) is 5.92 Å². The largest absolute Gasteiger partial charge is 0.445 e. The molecule has 1 saturated heterocycles. The fourth-order valence-electron chi connectivity index (χ4n) is 2.93. The first kappa shape index (κ1) is 14.4. The van der Waals surface area contributed by atoms with Gasteiger partial charge in [0.05, 0.1) is 0 Å². The highest BCUT2D eigenvalue weighted by Gasteiger charge is 2.32. The molecule has 21 heavy (non-hydrogen) atoms. The quantitative estimate of drug-likeness (QED) is 0.835. The van der Waals surface area contributed by atoms with Gasteiger partial charge in [-0.25, -0.2) is 4.79 Å². The molecule has 1 aliphatic carbocycles. The van der Waals surface area contributed by atoms with E-state index >= 15 is 0 Å². The molecule has 4 nitrogen and oxygen atoms in total. The molecule has 1 aliphatic heterocycles. The molecule has 2 fully saturated rings. The zero-order chi connectivity index (χ0) is 14.7. The van der Waals surface area contributed by atoms with Gasteiger partial charge in [-0.2, -0.15) is 0 Å². The number of rotatable bonds is 5. The number of hydrogen-bond donors (Lipinski definition) is 0. The Hall–Kier alpha value is -1.55. The number of hydrogen-bond acceptors (Lipinski definition) is 3. The molecule has 0 N–H and O–H groups in total. The molecule has 2 aliphatic rings. The lowest BCUT2D eigenvalue weighted by molar-refractivity contribution is 0.0916. The average molecular weight is 288 g/mol. The lowest BCUT2D eigenvalue weighted by Crippen LogP contribution is -2.39.